The topological polar surface area (TPSA) is 83.4 Å². The van der Waals surface area contributed by atoms with Crippen molar-refractivity contribution < 1.29 is 14.0 Å². The Bertz CT molecular complexity index is 670. The number of hydrogen-bond donors (Lipinski definition) is 3. The van der Waals surface area contributed by atoms with E-state index in [1.54, 1.807) is 18.4 Å². The Morgan fingerprint density at radius 1 is 1.04 bits per heavy atom. The Kier molecular flexibility index (Phi) is 5.15. The SMILES string of the molecule is O=C(CNC(=O)NCc1ccco1)NCC1CC1c1ccccc1. The van der Waals surface area contributed by atoms with Crippen LogP contribution in [-0.4, -0.2) is 25.0 Å². The Morgan fingerprint density at radius 3 is 2.62 bits per heavy atom. The van der Waals surface area contributed by atoms with Crippen LogP contribution in [0.1, 0.15) is 23.7 Å². The second kappa shape index (κ2) is 7.68. The van der Waals surface area contributed by atoms with Crippen molar-refractivity contribution >= 4 is 11.9 Å². The van der Waals surface area contributed by atoms with Gasteiger partial charge in [-0.3, -0.25) is 4.79 Å². The Morgan fingerprint density at radius 2 is 1.88 bits per heavy atom. The first-order chi connectivity index (χ1) is 11.7. The average Bonchev–Trinajstić information content (AvgIpc) is 3.20. The molecule has 6 heteroatoms. The van der Waals surface area contributed by atoms with Gasteiger partial charge in [0.2, 0.25) is 5.91 Å². The molecule has 2 atom stereocenters. The van der Waals surface area contributed by atoms with Gasteiger partial charge in [0.15, 0.2) is 0 Å². The zero-order chi connectivity index (χ0) is 16.8. The van der Waals surface area contributed by atoms with Crippen LogP contribution in [0.3, 0.4) is 0 Å². The number of amides is 3. The molecule has 126 valence electrons. The van der Waals surface area contributed by atoms with E-state index in [-0.39, 0.29) is 12.5 Å². The monoisotopic (exact) mass is 327 g/mol. The van der Waals surface area contributed by atoms with Crippen molar-refractivity contribution in [3.8, 4) is 0 Å². The molecule has 1 heterocycles. The number of benzene rings is 1. The van der Waals surface area contributed by atoms with Gasteiger partial charge in [-0.05, 0) is 36.0 Å². The highest BCUT2D eigenvalue weighted by molar-refractivity contribution is 5.83. The van der Waals surface area contributed by atoms with Gasteiger partial charge in [0.1, 0.15) is 5.76 Å². The normalized spacial score (nSPS) is 18.7. The van der Waals surface area contributed by atoms with Crippen molar-refractivity contribution in [1.29, 1.82) is 0 Å². The lowest BCUT2D eigenvalue weighted by atomic mass is 10.1. The second-order valence-corrected chi connectivity index (χ2v) is 5.93. The van der Waals surface area contributed by atoms with E-state index < -0.39 is 6.03 Å². The van der Waals surface area contributed by atoms with Gasteiger partial charge in [-0.15, -0.1) is 0 Å². The molecule has 1 saturated carbocycles. The van der Waals surface area contributed by atoms with Crippen LogP contribution < -0.4 is 16.0 Å². The summed E-state index contributed by atoms with van der Waals surface area (Å²) in [6.45, 7) is 0.905. The van der Waals surface area contributed by atoms with Crippen LogP contribution in [0.2, 0.25) is 0 Å². The fourth-order valence-electron chi connectivity index (χ4n) is 2.69. The Labute approximate surface area is 140 Å². The minimum Gasteiger partial charge on any atom is -0.467 e. The fourth-order valence-corrected chi connectivity index (χ4v) is 2.69. The van der Waals surface area contributed by atoms with Crippen molar-refractivity contribution in [2.75, 3.05) is 13.1 Å². The van der Waals surface area contributed by atoms with Gasteiger partial charge >= 0.3 is 6.03 Å². The van der Waals surface area contributed by atoms with E-state index in [1.807, 2.05) is 18.2 Å². The Hall–Kier alpha value is -2.76. The first-order valence-corrected chi connectivity index (χ1v) is 8.08. The molecular weight excluding hydrogens is 306 g/mol. The average molecular weight is 327 g/mol. The Balaban J connectivity index is 1.29. The number of rotatable bonds is 7. The molecule has 1 aromatic carbocycles. The molecule has 1 aliphatic rings. The summed E-state index contributed by atoms with van der Waals surface area (Å²) in [6.07, 6.45) is 2.64. The van der Waals surface area contributed by atoms with Crippen molar-refractivity contribution in [2.24, 2.45) is 5.92 Å². The summed E-state index contributed by atoms with van der Waals surface area (Å²) >= 11 is 0. The molecule has 0 saturated heterocycles. The van der Waals surface area contributed by atoms with Crippen LogP contribution in [-0.2, 0) is 11.3 Å². The first kappa shape index (κ1) is 16.1. The van der Waals surface area contributed by atoms with Gasteiger partial charge in [0, 0.05) is 6.54 Å². The maximum absolute atomic E-state index is 11.8. The molecule has 2 aromatic rings. The van der Waals surface area contributed by atoms with Crippen LogP contribution in [0.25, 0.3) is 0 Å². The molecule has 3 rings (SSSR count). The predicted octanol–water partition coefficient (Wildman–Crippen LogP) is 2.00. The quantitative estimate of drug-likeness (QED) is 0.727. The molecule has 1 aliphatic carbocycles. The summed E-state index contributed by atoms with van der Waals surface area (Å²) < 4.78 is 5.11. The van der Waals surface area contributed by atoms with Crippen LogP contribution >= 0.6 is 0 Å². The zero-order valence-electron chi connectivity index (χ0n) is 13.3. The van der Waals surface area contributed by atoms with E-state index in [2.05, 4.69) is 28.1 Å². The molecule has 0 radical (unpaired) electrons. The first-order valence-electron chi connectivity index (χ1n) is 8.08. The van der Waals surface area contributed by atoms with Crippen molar-refractivity contribution in [3.05, 3.63) is 60.1 Å². The number of urea groups is 1. The smallest absolute Gasteiger partial charge is 0.315 e. The number of carbonyl (C=O) groups is 2. The molecule has 2 unspecified atom stereocenters. The molecular formula is C18H21N3O3. The van der Waals surface area contributed by atoms with Gasteiger partial charge in [0.25, 0.3) is 0 Å². The molecule has 3 amide bonds. The molecule has 0 spiro atoms. The fraction of sp³-hybridized carbons (Fsp3) is 0.333. The zero-order valence-corrected chi connectivity index (χ0v) is 13.3. The predicted molar refractivity (Wildman–Crippen MR) is 89.2 cm³/mol. The third-order valence-corrected chi connectivity index (χ3v) is 4.12. The van der Waals surface area contributed by atoms with Crippen molar-refractivity contribution in [3.63, 3.8) is 0 Å². The van der Waals surface area contributed by atoms with Gasteiger partial charge in [-0.2, -0.15) is 0 Å². The third-order valence-electron chi connectivity index (χ3n) is 4.12. The molecule has 1 fully saturated rings. The lowest BCUT2D eigenvalue weighted by Gasteiger charge is -2.07. The number of hydrogen-bond acceptors (Lipinski definition) is 3. The van der Waals surface area contributed by atoms with Crippen LogP contribution in [0.5, 0.6) is 0 Å². The lowest BCUT2D eigenvalue weighted by molar-refractivity contribution is -0.120. The number of nitrogens with one attached hydrogen (secondary N) is 3. The molecule has 6 nitrogen and oxygen atoms in total. The summed E-state index contributed by atoms with van der Waals surface area (Å²) in [5.74, 6) is 1.51. The second-order valence-electron chi connectivity index (χ2n) is 5.93. The maximum atomic E-state index is 11.8. The van der Waals surface area contributed by atoms with Gasteiger partial charge in [-0.25, -0.2) is 4.79 Å². The van der Waals surface area contributed by atoms with Crippen LogP contribution in [0.15, 0.2) is 53.1 Å². The molecule has 0 aliphatic heterocycles. The maximum Gasteiger partial charge on any atom is 0.315 e. The highest BCUT2D eigenvalue weighted by atomic mass is 16.3. The van der Waals surface area contributed by atoms with Gasteiger partial charge in [-0.1, -0.05) is 30.3 Å². The van der Waals surface area contributed by atoms with E-state index >= 15 is 0 Å². The summed E-state index contributed by atoms with van der Waals surface area (Å²) in [5, 5.41) is 8.02. The summed E-state index contributed by atoms with van der Waals surface area (Å²) in [6, 6.07) is 13.5. The minimum absolute atomic E-state index is 0.0350. The van der Waals surface area contributed by atoms with Crippen molar-refractivity contribution in [2.45, 2.75) is 18.9 Å². The number of carbonyl (C=O) groups excluding carboxylic acids is 2. The molecule has 3 N–H and O–H groups in total. The summed E-state index contributed by atoms with van der Waals surface area (Å²) in [5.41, 5.74) is 1.33. The van der Waals surface area contributed by atoms with Gasteiger partial charge in [0.05, 0.1) is 19.4 Å². The van der Waals surface area contributed by atoms with Gasteiger partial charge < -0.3 is 20.4 Å². The van der Waals surface area contributed by atoms with E-state index in [0.29, 0.717) is 30.7 Å². The van der Waals surface area contributed by atoms with E-state index in [4.69, 9.17) is 4.42 Å². The summed E-state index contributed by atoms with van der Waals surface area (Å²) in [7, 11) is 0. The third kappa shape index (κ3) is 4.62. The van der Waals surface area contributed by atoms with E-state index in [0.717, 1.165) is 6.42 Å². The minimum atomic E-state index is -0.393. The number of furan rings is 1. The standard InChI is InChI=1S/C18H21N3O3/c22-17(12-21-18(23)20-11-15-7-4-8-24-15)19-10-14-9-16(14)13-5-2-1-3-6-13/h1-8,14,16H,9-12H2,(H,19,22)(H2,20,21,23). The van der Waals surface area contributed by atoms with E-state index in [1.165, 1.54) is 5.56 Å². The molecule has 1 aromatic heterocycles. The van der Waals surface area contributed by atoms with Crippen LogP contribution in [0, 0.1) is 5.92 Å². The molecule has 24 heavy (non-hydrogen) atoms. The highest BCUT2D eigenvalue weighted by Crippen LogP contribution is 2.46. The summed E-state index contributed by atoms with van der Waals surface area (Å²) in [4.78, 5) is 23.4. The largest absolute Gasteiger partial charge is 0.467 e. The highest BCUT2D eigenvalue weighted by Gasteiger charge is 2.37. The van der Waals surface area contributed by atoms with Crippen LogP contribution in [0.4, 0.5) is 4.79 Å². The lowest BCUT2D eigenvalue weighted by Crippen LogP contribution is -2.42. The van der Waals surface area contributed by atoms with E-state index in [9.17, 15) is 9.59 Å². The molecule has 0 bridgehead atoms. The van der Waals surface area contributed by atoms with Crippen molar-refractivity contribution in [1.82, 2.24) is 16.0 Å².